The number of aryl methyl sites for hydroxylation is 1. The third kappa shape index (κ3) is 8.98. The number of nitrogens with one attached hydrogen (secondary N) is 2. The lowest BCUT2D eigenvalue weighted by Gasteiger charge is -2.41. The van der Waals surface area contributed by atoms with Crippen molar-refractivity contribution in [2.45, 2.75) is 43.7 Å². The van der Waals surface area contributed by atoms with E-state index in [1.54, 1.807) is 18.0 Å². The second kappa shape index (κ2) is 17.0. The third-order valence-electron chi connectivity index (χ3n) is 9.32. The van der Waals surface area contributed by atoms with Crippen LogP contribution in [0.5, 0.6) is 11.5 Å². The summed E-state index contributed by atoms with van der Waals surface area (Å²) in [5.74, 6) is 2.23. The number of urea groups is 1. The number of amides is 2. The Morgan fingerprint density at radius 3 is 2.26 bits per heavy atom. The Labute approximate surface area is 314 Å². The normalized spacial score (nSPS) is 18.3. The lowest BCUT2D eigenvalue weighted by molar-refractivity contribution is -0.268. The van der Waals surface area contributed by atoms with Gasteiger partial charge in [0, 0.05) is 48.9 Å². The molecular weight excluding hydrogens is 685 g/mol. The first-order valence-corrected chi connectivity index (χ1v) is 18.6. The fourth-order valence-corrected chi connectivity index (χ4v) is 7.41. The smallest absolute Gasteiger partial charge is 0.319 e. The number of imidazole rings is 1. The van der Waals surface area contributed by atoms with E-state index in [1.807, 2.05) is 127 Å². The molecule has 9 nitrogen and oxygen atoms in total. The van der Waals surface area contributed by atoms with Crippen molar-refractivity contribution in [3.8, 4) is 22.6 Å². The summed E-state index contributed by atoms with van der Waals surface area (Å²) in [5.41, 5.74) is 6.51. The van der Waals surface area contributed by atoms with E-state index < -0.39 is 6.29 Å². The number of aromatic nitrogens is 2. The molecule has 1 aromatic heterocycles. The highest BCUT2D eigenvalue weighted by Crippen LogP contribution is 2.43. The maximum Gasteiger partial charge on any atom is 0.319 e. The molecule has 1 fully saturated rings. The predicted octanol–water partition coefficient (Wildman–Crippen LogP) is 9.28. The summed E-state index contributed by atoms with van der Waals surface area (Å²) < 4.78 is 21.2. The second-order valence-corrected chi connectivity index (χ2v) is 14.0. The van der Waals surface area contributed by atoms with Gasteiger partial charge in [-0.1, -0.05) is 110 Å². The number of aliphatic hydroxyl groups is 1. The molecule has 0 aliphatic carbocycles. The van der Waals surface area contributed by atoms with Crippen molar-refractivity contribution in [3.05, 3.63) is 162 Å². The van der Waals surface area contributed by atoms with Crippen LogP contribution in [-0.2, 0) is 29.7 Å². The van der Waals surface area contributed by atoms with Gasteiger partial charge < -0.3 is 34.5 Å². The van der Waals surface area contributed by atoms with Gasteiger partial charge in [-0.15, -0.1) is 0 Å². The molecule has 3 N–H and O–H groups in total. The zero-order valence-electron chi connectivity index (χ0n) is 29.6. The Bertz CT molecular complexity index is 2090. The summed E-state index contributed by atoms with van der Waals surface area (Å²) in [6.07, 6.45) is 2.87. The molecule has 5 aromatic carbocycles. The first-order chi connectivity index (χ1) is 25.9. The van der Waals surface area contributed by atoms with E-state index in [9.17, 15) is 9.90 Å². The number of nitrogens with zero attached hydrogens (tertiary/aromatic N) is 2. The number of hydrogen-bond acceptors (Lipinski definition) is 7. The molecule has 2 heterocycles. The third-order valence-corrected chi connectivity index (χ3v) is 10.5. The van der Waals surface area contributed by atoms with E-state index >= 15 is 0 Å². The predicted molar refractivity (Wildman–Crippen MR) is 208 cm³/mol. The van der Waals surface area contributed by atoms with Crippen LogP contribution < -0.4 is 15.4 Å². The molecule has 0 radical (unpaired) electrons. The number of anilines is 1. The molecule has 0 bridgehead atoms. The van der Waals surface area contributed by atoms with Crippen molar-refractivity contribution in [3.63, 3.8) is 0 Å². The van der Waals surface area contributed by atoms with Crippen LogP contribution >= 0.6 is 11.8 Å². The fourth-order valence-electron chi connectivity index (χ4n) is 6.32. The number of hydrogen-bond donors (Lipinski definition) is 3. The van der Waals surface area contributed by atoms with Crippen molar-refractivity contribution in [1.82, 2.24) is 14.9 Å². The Balaban J connectivity index is 1.01. The quantitative estimate of drug-likeness (QED) is 0.108. The molecule has 10 heteroatoms. The molecule has 0 spiro atoms. The Hall–Kier alpha value is -5.39. The molecule has 0 saturated carbocycles. The lowest BCUT2D eigenvalue weighted by atomic mass is 9.91. The largest absolute Gasteiger partial charge is 0.457 e. The van der Waals surface area contributed by atoms with Gasteiger partial charge in [-0.05, 0) is 64.2 Å². The zero-order valence-corrected chi connectivity index (χ0v) is 30.4. The second-order valence-electron chi connectivity index (χ2n) is 13.0. The summed E-state index contributed by atoms with van der Waals surface area (Å²) >= 11 is 1.67. The van der Waals surface area contributed by atoms with Crippen LogP contribution in [0.15, 0.2) is 145 Å². The molecular formula is C43H42N4O5S. The number of thioether (sulfide) groups is 1. The molecule has 53 heavy (non-hydrogen) atoms. The Kier molecular flexibility index (Phi) is 11.5. The van der Waals surface area contributed by atoms with Crippen LogP contribution in [0.3, 0.4) is 0 Å². The number of aliphatic hydroxyl groups excluding tert-OH is 1. The van der Waals surface area contributed by atoms with Gasteiger partial charge in [0.2, 0.25) is 0 Å². The van der Waals surface area contributed by atoms with Crippen molar-refractivity contribution in [1.29, 1.82) is 0 Å². The van der Waals surface area contributed by atoms with Crippen molar-refractivity contribution < 1.29 is 24.1 Å². The highest BCUT2D eigenvalue weighted by Gasteiger charge is 2.38. The molecule has 7 rings (SSSR count). The van der Waals surface area contributed by atoms with E-state index in [0.717, 1.165) is 50.0 Å². The number of benzene rings is 5. The number of carbonyl (C=O) groups excluding carboxylic acids is 1. The topological polar surface area (TPSA) is 107 Å². The molecule has 6 aromatic rings. The van der Waals surface area contributed by atoms with Gasteiger partial charge in [0.1, 0.15) is 11.5 Å². The zero-order chi connectivity index (χ0) is 36.6. The molecule has 270 valence electrons. The first kappa shape index (κ1) is 36.0. The van der Waals surface area contributed by atoms with Gasteiger partial charge in [-0.25, -0.2) is 9.78 Å². The van der Waals surface area contributed by atoms with Gasteiger partial charge in [0.05, 0.1) is 18.8 Å². The lowest BCUT2D eigenvalue weighted by Crippen LogP contribution is -2.38. The highest BCUT2D eigenvalue weighted by molar-refractivity contribution is 7.99. The molecule has 4 unspecified atom stereocenters. The van der Waals surface area contributed by atoms with Crippen LogP contribution in [0.1, 0.15) is 41.6 Å². The molecule has 4 atom stereocenters. The molecule has 1 saturated heterocycles. The number of carbonyl (C=O) groups is 1. The fraction of sp³-hybridized carbons (Fsp3) is 0.209. The molecule has 1 aliphatic heterocycles. The minimum atomic E-state index is -0.575. The maximum absolute atomic E-state index is 12.9. The average Bonchev–Trinajstić information content (AvgIpc) is 3.62. The van der Waals surface area contributed by atoms with E-state index in [2.05, 4.69) is 40.7 Å². The van der Waals surface area contributed by atoms with Gasteiger partial charge in [0.25, 0.3) is 0 Å². The minimum absolute atomic E-state index is 0.00472. The number of para-hydroxylation sites is 1. The maximum atomic E-state index is 12.9. The van der Waals surface area contributed by atoms with Gasteiger partial charge in [-0.2, -0.15) is 0 Å². The van der Waals surface area contributed by atoms with Crippen LogP contribution in [0.4, 0.5) is 10.5 Å². The number of rotatable bonds is 12. The summed E-state index contributed by atoms with van der Waals surface area (Å²) in [5, 5.41) is 16.4. The summed E-state index contributed by atoms with van der Waals surface area (Å²) in [6.45, 7) is 2.50. The van der Waals surface area contributed by atoms with Crippen molar-refractivity contribution in [2.24, 2.45) is 13.0 Å². The SMILES string of the molecule is CC1C(CSc2nccn2C)OC(c2ccc(-c3ccccc3CNC(=O)Nc3ccc(Oc4ccccc4)cc3)cc2)OC1c1ccc(CO)cc1. The highest BCUT2D eigenvalue weighted by atomic mass is 32.2. The van der Waals surface area contributed by atoms with Gasteiger partial charge >= 0.3 is 6.03 Å². The van der Waals surface area contributed by atoms with Crippen LogP contribution in [0, 0.1) is 5.92 Å². The van der Waals surface area contributed by atoms with E-state index in [0.29, 0.717) is 18.0 Å². The van der Waals surface area contributed by atoms with Crippen molar-refractivity contribution >= 4 is 23.5 Å². The average molecular weight is 727 g/mol. The molecule has 2 amide bonds. The van der Waals surface area contributed by atoms with E-state index in [1.165, 1.54) is 0 Å². The standard InChI is InChI=1S/C43H42N4O5S/c1-29-39(28-53-43-44-24-25-47(43)2)51-41(52-40(29)32-14-12-30(27-48)13-15-32)33-18-16-31(17-19-33)38-11-7-6-8-34(38)26-45-42(49)46-35-20-22-37(23-21-35)50-36-9-4-3-5-10-36/h3-25,29,39-41,48H,26-28H2,1-2H3,(H2,45,46,49). The van der Waals surface area contributed by atoms with E-state index in [4.69, 9.17) is 14.2 Å². The van der Waals surface area contributed by atoms with Crippen LogP contribution in [0.25, 0.3) is 11.1 Å². The van der Waals surface area contributed by atoms with Crippen LogP contribution in [-0.4, -0.2) is 32.5 Å². The molecule has 1 aliphatic rings. The summed E-state index contributed by atoms with van der Waals surface area (Å²) in [7, 11) is 1.99. The Morgan fingerprint density at radius 1 is 0.849 bits per heavy atom. The summed E-state index contributed by atoms with van der Waals surface area (Å²) in [4.78, 5) is 17.4. The summed E-state index contributed by atoms with van der Waals surface area (Å²) in [6, 6.07) is 40.8. The van der Waals surface area contributed by atoms with E-state index in [-0.39, 0.29) is 30.8 Å². The van der Waals surface area contributed by atoms with Gasteiger partial charge in [0.15, 0.2) is 11.4 Å². The van der Waals surface area contributed by atoms with Gasteiger partial charge in [-0.3, -0.25) is 0 Å². The van der Waals surface area contributed by atoms with Crippen LogP contribution in [0.2, 0.25) is 0 Å². The first-order valence-electron chi connectivity index (χ1n) is 17.6. The monoisotopic (exact) mass is 726 g/mol. The van der Waals surface area contributed by atoms with Crippen molar-refractivity contribution in [2.75, 3.05) is 11.1 Å². The number of ether oxygens (including phenoxy) is 3. The minimum Gasteiger partial charge on any atom is -0.457 e. The Morgan fingerprint density at radius 2 is 1.55 bits per heavy atom.